The van der Waals surface area contributed by atoms with Crippen molar-refractivity contribution in [3.63, 3.8) is 0 Å². The average Bonchev–Trinajstić information content (AvgIpc) is 2.25. The minimum atomic E-state index is 0.772. The van der Waals surface area contributed by atoms with E-state index >= 15 is 0 Å². The molecule has 90 valence electrons. The molecule has 2 N–H and O–H groups in total. The van der Waals surface area contributed by atoms with E-state index in [1.807, 2.05) is 0 Å². The molecule has 3 heteroatoms. The van der Waals surface area contributed by atoms with Crippen LogP contribution in [0.3, 0.4) is 0 Å². The highest BCUT2D eigenvalue weighted by Gasteiger charge is 2.20. The first-order valence-corrected chi connectivity index (χ1v) is 6.33. The molecule has 0 aromatic carbocycles. The van der Waals surface area contributed by atoms with Crippen LogP contribution < -0.4 is 5.73 Å². The fourth-order valence-electron chi connectivity index (χ4n) is 2.31. The Balaban J connectivity index is 2.13. The monoisotopic (exact) mass is 213 g/mol. The van der Waals surface area contributed by atoms with Crippen molar-refractivity contribution in [2.45, 2.75) is 38.1 Å². The second-order valence-corrected chi connectivity index (χ2v) is 4.91. The van der Waals surface area contributed by atoms with E-state index < -0.39 is 0 Å². The Hall–Kier alpha value is -0.120. The Bertz CT molecular complexity index is 159. The molecule has 0 spiro atoms. The van der Waals surface area contributed by atoms with Gasteiger partial charge < -0.3 is 15.5 Å². The van der Waals surface area contributed by atoms with Crippen LogP contribution in [0, 0.1) is 0 Å². The highest BCUT2D eigenvalue weighted by molar-refractivity contribution is 4.77. The Morgan fingerprint density at radius 2 is 2.07 bits per heavy atom. The SMILES string of the molecule is CN(C)C1CCCN(CCCCCN)C1. The third kappa shape index (κ3) is 4.96. The topological polar surface area (TPSA) is 32.5 Å². The normalized spacial score (nSPS) is 23.6. The van der Waals surface area contributed by atoms with Gasteiger partial charge in [-0.15, -0.1) is 0 Å². The molecule has 1 fully saturated rings. The van der Waals surface area contributed by atoms with Crippen molar-refractivity contribution < 1.29 is 0 Å². The van der Waals surface area contributed by atoms with Crippen molar-refractivity contribution in [1.82, 2.24) is 9.80 Å². The Morgan fingerprint density at radius 1 is 1.27 bits per heavy atom. The first kappa shape index (κ1) is 12.9. The summed E-state index contributed by atoms with van der Waals surface area (Å²) in [7, 11) is 4.39. The lowest BCUT2D eigenvalue weighted by Gasteiger charge is -2.36. The van der Waals surface area contributed by atoms with Crippen LogP contribution in [-0.4, -0.2) is 56.1 Å². The molecule has 1 heterocycles. The lowest BCUT2D eigenvalue weighted by molar-refractivity contribution is 0.131. The fraction of sp³-hybridized carbons (Fsp3) is 1.00. The lowest BCUT2D eigenvalue weighted by Crippen LogP contribution is -2.45. The van der Waals surface area contributed by atoms with Gasteiger partial charge in [-0.25, -0.2) is 0 Å². The van der Waals surface area contributed by atoms with Gasteiger partial charge in [0.25, 0.3) is 0 Å². The predicted molar refractivity (Wildman–Crippen MR) is 66.1 cm³/mol. The molecular weight excluding hydrogens is 186 g/mol. The summed E-state index contributed by atoms with van der Waals surface area (Å²) < 4.78 is 0. The Morgan fingerprint density at radius 3 is 2.73 bits per heavy atom. The molecule has 15 heavy (non-hydrogen) atoms. The molecule has 0 aromatic heterocycles. The van der Waals surface area contributed by atoms with Crippen LogP contribution in [0.25, 0.3) is 0 Å². The summed E-state index contributed by atoms with van der Waals surface area (Å²) in [5.74, 6) is 0. The van der Waals surface area contributed by atoms with Gasteiger partial charge >= 0.3 is 0 Å². The average molecular weight is 213 g/mol. The fourth-order valence-corrected chi connectivity index (χ4v) is 2.31. The zero-order chi connectivity index (χ0) is 11.1. The van der Waals surface area contributed by atoms with Crippen LogP contribution in [0.1, 0.15) is 32.1 Å². The number of rotatable bonds is 6. The lowest BCUT2D eigenvalue weighted by atomic mass is 10.0. The minimum absolute atomic E-state index is 0.772. The largest absolute Gasteiger partial charge is 0.330 e. The molecule has 1 atom stereocenters. The molecule has 3 nitrogen and oxygen atoms in total. The maximum absolute atomic E-state index is 5.49. The van der Waals surface area contributed by atoms with Crippen LogP contribution >= 0.6 is 0 Å². The molecule has 0 aromatic rings. The van der Waals surface area contributed by atoms with Crippen molar-refractivity contribution in [3.8, 4) is 0 Å². The molecule has 0 aliphatic carbocycles. The smallest absolute Gasteiger partial charge is 0.0217 e. The number of nitrogens with two attached hydrogens (primary N) is 1. The quantitative estimate of drug-likeness (QED) is 0.672. The summed E-state index contributed by atoms with van der Waals surface area (Å²) in [5, 5.41) is 0. The van der Waals surface area contributed by atoms with E-state index in [0.717, 1.165) is 12.6 Å². The first-order valence-electron chi connectivity index (χ1n) is 6.33. The zero-order valence-electron chi connectivity index (χ0n) is 10.4. The van der Waals surface area contributed by atoms with Gasteiger partial charge in [-0.3, -0.25) is 0 Å². The maximum atomic E-state index is 5.49. The van der Waals surface area contributed by atoms with E-state index in [2.05, 4.69) is 23.9 Å². The van der Waals surface area contributed by atoms with Crippen molar-refractivity contribution in [2.24, 2.45) is 5.73 Å². The predicted octanol–water partition coefficient (Wildman–Crippen LogP) is 1.14. The molecule has 1 saturated heterocycles. The van der Waals surface area contributed by atoms with Gasteiger partial charge in [-0.2, -0.15) is 0 Å². The van der Waals surface area contributed by atoms with Gasteiger partial charge in [0.15, 0.2) is 0 Å². The molecule has 0 bridgehead atoms. The van der Waals surface area contributed by atoms with E-state index in [9.17, 15) is 0 Å². The molecule has 1 aliphatic heterocycles. The van der Waals surface area contributed by atoms with Crippen molar-refractivity contribution >= 4 is 0 Å². The summed E-state index contributed by atoms with van der Waals surface area (Å²) in [6.45, 7) is 4.67. The summed E-state index contributed by atoms with van der Waals surface area (Å²) in [6, 6.07) is 0.772. The van der Waals surface area contributed by atoms with Crippen LogP contribution in [0.5, 0.6) is 0 Å². The number of nitrogens with zero attached hydrogens (tertiary/aromatic N) is 2. The standard InChI is InChI=1S/C12H27N3/c1-14(2)12-7-6-10-15(11-12)9-5-3-4-8-13/h12H,3-11,13H2,1-2H3. The third-order valence-electron chi connectivity index (χ3n) is 3.39. The van der Waals surface area contributed by atoms with Gasteiger partial charge in [-0.1, -0.05) is 6.42 Å². The number of piperidine rings is 1. The van der Waals surface area contributed by atoms with Crippen molar-refractivity contribution in [3.05, 3.63) is 0 Å². The highest BCUT2D eigenvalue weighted by atomic mass is 15.2. The van der Waals surface area contributed by atoms with E-state index in [1.165, 1.54) is 51.7 Å². The number of likely N-dealkylation sites (N-methyl/N-ethyl adjacent to an activating group) is 1. The third-order valence-corrected chi connectivity index (χ3v) is 3.39. The molecular formula is C12H27N3. The summed E-state index contributed by atoms with van der Waals surface area (Å²) in [5.41, 5.74) is 5.49. The van der Waals surface area contributed by atoms with Crippen LogP contribution in [0.2, 0.25) is 0 Å². The van der Waals surface area contributed by atoms with E-state index in [1.54, 1.807) is 0 Å². The molecule has 1 rings (SSSR count). The number of likely N-dealkylation sites (tertiary alicyclic amines) is 1. The molecule has 0 amide bonds. The van der Waals surface area contributed by atoms with Gasteiger partial charge in [0.2, 0.25) is 0 Å². The second-order valence-electron chi connectivity index (χ2n) is 4.91. The number of hydrogen-bond donors (Lipinski definition) is 1. The second kappa shape index (κ2) is 7.20. The molecule has 1 unspecified atom stereocenters. The van der Waals surface area contributed by atoms with E-state index in [-0.39, 0.29) is 0 Å². The highest BCUT2D eigenvalue weighted by Crippen LogP contribution is 2.14. The molecule has 0 saturated carbocycles. The van der Waals surface area contributed by atoms with Gasteiger partial charge in [0, 0.05) is 12.6 Å². The van der Waals surface area contributed by atoms with E-state index in [0.29, 0.717) is 0 Å². The van der Waals surface area contributed by atoms with Gasteiger partial charge in [0.05, 0.1) is 0 Å². The molecule has 1 aliphatic rings. The first-order chi connectivity index (χ1) is 7.24. The van der Waals surface area contributed by atoms with Crippen molar-refractivity contribution in [1.29, 1.82) is 0 Å². The van der Waals surface area contributed by atoms with E-state index in [4.69, 9.17) is 5.73 Å². The Labute approximate surface area is 94.6 Å². The molecule has 0 radical (unpaired) electrons. The number of hydrogen-bond acceptors (Lipinski definition) is 3. The van der Waals surface area contributed by atoms with Gasteiger partial charge in [-0.05, 0) is 59.4 Å². The maximum Gasteiger partial charge on any atom is 0.0217 e. The van der Waals surface area contributed by atoms with Gasteiger partial charge in [0.1, 0.15) is 0 Å². The van der Waals surface area contributed by atoms with Crippen molar-refractivity contribution in [2.75, 3.05) is 40.3 Å². The van der Waals surface area contributed by atoms with Crippen LogP contribution in [0.15, 0.2) is 0 Å². The summed E-state index contributed by atoms with van der Waals surface area (Å²) in [4.78, 5) is 4.98. The summed E-state index contributed by atoms with van der Waals surface area (Å²) in [6.07, 6.45) is 6.52. The minimum Gasteiger partial charge on any atom is -0.330 e. The zero-order valence-corrected chi connectivity index (χ0v) is 10.4. The van der Waals surface area contributed by atoms with Crippen LogP contribution in [0.4, 0.5) is 0 Å². The number of unbranched alkanes of at least 4 members (excludes halogenated alkanes) is 2. The summed E-state index contributed by atoms with van der Waals surface area (Å²) >= 11 is 0. The Kier molecular flexibility index (Phi) is 6.22. The van der Waals surface area contributed by atoms with Crippen LogP contribution in [-0.2, 0) is 0 Å².